The van der Waals surface area contributed by atoms with Gasteiger partial charge in [0.15, 0.2) is 0 Å². The van der Waals surface area contributed by atoms with Crippen molar-refractivity contribution in [1.29, 1.82) is 0 Å². The molecular weight excluding hydrogens is 261 g/mol. The number of hydrogen-bond acceptors (Lipinski definition) is 3. The van der Waals surface area contributed by atoms with Gasteiger partial charge in [0.1, 0.15) is 6.04 Å². The highest BCUT2D eigenvalue weighted by molar-refractivity contribution is 5.95. The first kappa shape index (κ1) is 13.8. The summed E-state index contributed by atoms with van der Waals surface area (Å²) in [5, 5.41) is 5.16. The van der Waals surface area contributed by atoms with Gasteiger partial charge in [-0.05, 0) is 12.1 Å². The summed E-state index contributed by atoms with van der Waals surface area (Å²) in [6.45, 7) is 1.14. The Labute approximate surface area is 107 Å². The maximum absolute atomic E-state index is 12.7. The number of halogens is 3. The smallest absolute Gasteiger partial charge is 0.378 e. The number of carbonyl (C=O) groups is 1. The number of anilines is 1. The highest BCUT2D eigenvalue weighted by Crippen LogP contribution is 2.34. The summed E-state index contributed by atoms with van der Waals surface area (Å²) in [7, 11) is 0. The van der Waals surface area contributed by atoms with E-state index >= 15 is 0 Å². The molecule has 1 saturated heterocycles. The van der Waals surface area contributed by atoms with Gasteiger partial charge in [0, 0.05) is 6.54 Å². The molecule has 1 unspecified atom stereocenters. The van der Waals surface area contributed by atoms with E-state index in [2.05, 4.69) is 10.6 Å². The summed E-state index contributed by atoms with van der Waals surface area (Å²) < 4.78 is 43.3. The number of nitrogens with one attached hydrogen (secondary N) is 2. The Bertz CT molecular complexity index is 457. The third-order valence-corrected chi connectivity index (χ3v) is 2.73. The van der Waals surface area contributed by atoms with Crippen LogP contribution in [0.15, 0.2) is 24.3 Å². The Morgan fingerprint density at radius 3 is 2.74 bits per heavy atom. The molecule has 1 aromatic carbocycles. The number of alkyl halides is 3. The Morgan fingerprint density at radius 2 is 2.11 bits per heavy atom. The van der Waals surface area contributed by atoms with E-state index < -0.39 is 23.7 Å². The van der Waals surface area contributed by atoms with Crippen LogP contribution in [0.2, 0.25) is 0 Å². The normalized spacial score (nSPS) is 20.1. The molecule has 2 N–H and O–H groups in total. The molecule has 19 heavy (non-hydrogen) atoms. The number of rotatable bonds is 2. The van der Waals surface area contributed by atoms with Gasteiger partial charge in [0.2, 0.25) is 5.91 Å². The molecule has 1 aliphatic rings. The van der Waals surface area contributed by atoms with E-state index in [4.69, 9.17) is 4.74 Å². The predicted molar refractivity (Wildman–Crippen MR) is 62.7 cm³/mol. The summed E-state index contributed by atoms with van der Waals surface area (Å²) in [6, 6.07) is 4.25. The molecule has 0 saturated carbocycles. The van der Waals surface area contributed by atoms with Gasteiger partial charge in [-0.3, -0.25) is 4.79 Å². The molecule has 7 heteroatoms. The number of amides is 1. The Morgan fingerprint density at radius 1 is 1.37 bits per heavy atom. The Hall–Kier alpha value is -1.60. The van der Waals surface area contributed by atoms with Gasteiger partial charge in [-0.2, -0.15) is 13.2 Å². The minimum Gasteiger partial charge on any atom is -0.378 e. The molecule has 0 radical (unpaired) electrons. The standard InChI is InChI=1S/C12H13F3N2O2/c13-12(14,15)8-3-1-2-4-9(8)17-11(18)10-7-19-6-5-16-10/h1-4,10,16H,5-7H2,(H,17,18). The second-order valence-corrected chi connectivity index (χ2v) is 4.11. The van der Waals surface area contributed by atoms with Crippen molar-refractivity contribution in [3.05, 3.63) is 29.8 Å². The van der Waals surface area contributed by atoms with E-state index in [-0.39, 0.29) is 12.3 Å². The molecule has 1 amide bonds. The van der Waals surface area contributed by atoms with E-state index in [9.17, 15) is 18.0 Å². The SMILES string of the molecule is O=C(Nc1ccccc1C(F)(F)F)C1COCCN1. The molecule has 1 aliphatic heterocycles. The van der Waals surface area contributed by atoms with E-state index in [1.807, 2.05) is 0 Å². The van der Waals surface area contributed by atoms with Crippen LogP contribution in [0.25, 0.3) is 0 Å². The second-order valence-electron chi connectivity index (χ2n) is 4.11. The zero-order valence-corrected chi connectivity index (χ0v) is 9.96. The fraction of sp³-hybridized carbons (Fsp3) is 0.417. The fourth-order valence-corrected chi connectivity index (χ4v) is 1.79. The van der Waals surface area contributed by atoms with Crippen LogP contribution >= 0.6 is 0 Å². The van der Waals surface area contributed by atoms with Gasteiger partial charge < -0.3 is 15.4 Å². The quantitative estimate of drug-likeness (QED) is 0.862. The van der Waals surface area contributed by atoms with Gasteiger partial charge in [0.25, 0.3) is 0 Å². The third kappa shape index (κ3) is 3.45. The zero-order chi connectivity index (χ0) is 13.9. The van der Waals surface area contributed by atoms with Crippen LogP contribution in [0, 0.1) is 0 Å². The van der Waals surface area contributed by atoms with Crippen LogP contribution in [0.5, 0.6) is 0 Å². The lowest BCUT2D eigenvalue weighted by Gasteiger charge is -2.23. The van der Waals surface area contributed by atoms with Crippen molar-refractivity contribution < 1.29 is 22.7 Å². The molecular formula is C12H13F3N2O2. The van der Waals surface area contributed by atoms with Crippen LogP contribution in [0.1, 0.15) is 5.56 Å². The highest BCUT2D eigenvalue weighted by atomic mass is 19.4. The van der Waals surface area contributed by atoms with Crippen LogP contribution in [-0.2, 0) is 15.7 Å². The molecule has 0 bridgehead atoms. The first-order valence-electron chi connectivity index (χ1n) is 5.76. The van der Waals surface area contributed by atoms with Gasteiger partial charge in [0.05, 0.1) is 24.5 Å². The topological polar surface area (TPSA) is 50.4 Å². The molecule has 1 fully saturated rings. The maximum Gasteiger partial charge on any atom is 0.418 e. The van der Waals surface area contributed by atoms with E-state index in [1.165, 1.54) is 18.2 Å². The van der Waals surface area contributed by atoms with Crippen molar-refractivity contribution in [3.63, 3.8) is 0 Å². The second kappa shape index (κ2) is 5.58. The van der Waals surface area contributed by atoms with Crippen LogP contribution in [0.3, 0.4) is 0 Å². The lowest BCUT2D eigenvalue weighted by Crippen LogP contribution is -2.49. The first-order chi connectivity index (χ1) is 8.98. The van der Waals surface area contributed by atoms with Crippen molar-refractivity contribution in [1.82, 2.24) is 5.32 Å². The van der Waals surface area contributed by atoms with E-state index in [1.54, 1.807) is 0 Å². The number of para-hydroxylation sites is 1. The number of ether oxygens (including phenoxy) is 1. The third-order valence-electron chi connectivity index (χ3n) is 2.73. The summed E-state index contributed by atoms with van der Waals surface area (Å²) in [5.74, 6) is -0.531. The van der Waals surface area contributed by atoms with Crippen LogP contribution < -0.4 is 10.6 Å². The minimum absolute atomic E-state index is 0.153. The fourth-order valence-electron chi connectivity index (χ4n) is 1.79. The summed E-state index contributed by atoms with van der Waals surface area (Å²) in [5.41, 5.74) is -1.10. The Kier molecular flexibility index (Phi) is 4.06. The lowest BCUT2D eigenvalue weighted by molar-refractivity contribution is -0.137. The molecule has 1 atom stereocenters. The molecule has 0 aliphatic carbocycles. The molecule has 2 rings (SSSR count). The number of morpholine rings is 1. The monoisotopic (exact) mass is 274 g/mol. The zero-order valence-electron chi connectivity index (χ0n) is 9.96. The number of carbonyl (C=O) groups excluding carboxylic acids is 1. The van der Waals surface area contributed by atoms with E-state index in [0.29, 0.717) is 13.2 Å². The highest BCUT2D eigenvalue weighted by Gasteiger charge is 2.34. The predicted octanol–water partition coefficient (Wildman–Crippen LogP) is 1.63. The average Bonchev–Trinajstić information content (AvgIpc) is 2.39. The summed E-state index contributed by atoms with van der Waals surface area (Å²) in [4.78, 5) is 11.8. The molecule has 4 nitrogen and oxygen atoms in total. The van der Waals surface area contributed by atoms with Crippen LogP contribution in [0.4, 0.5) is 18.9 Å². The maximum atomic E-state index is 12.7. The number of hydrogen-bond donors (Lipinski definition) is 2. The van der Waals surface area contributed by atoms with Crippen molar-refractivity contribution in [3.8, 4) is 0 Å². The van der Waals surface area contributed by atoms with Crippen molar-refractivity contribution in [2.24, 2.45) is 0 Å². The van der Waals surface area contributed by atoms with Crippen LogP contribution in [-0.4, -0.2) is 31.7 Å². The first-order valence-corrected chi connectivity index (χ1v) is 5.76. The van der Waals surface area contributed by atoms with Gasteiger partial charge in [-0.25, -0.2) is 0 Å². The number of benzene rings is 1. The van der Waals surface area contributed by atoms with Crippen molar-refractivity contribution in [2.45, 2.75) is 12.2 Å². The van der Waals surface area contributed by atoms with Crippen molar-refractivity contribution >= 4 is 11.6 Å². The van der Waals surface area contributed by atoms with Crippen molar-refractivity contribution in [2.75, 3.05) is 25.1 Å². The molecule has 0 spiro atoms. The molecule has 104 valence electrons. The Balaban J connectivity index is 2.12. The van der Waals surface area contributed by atoms with Gasteiger partial charge in [-0.1, -0.05) is 12.1 Å². The lowest BCUT2D eigenvalue weighted by atomic mass is 10.1. The van der Waals surface area contributed by atoms with Gasteiger partial charge in [-0.15, -0.1) is 0 Å². The molecule has 1 aromatic rings. The van der Waals surface area contributed by atoms with Gasteiger partial charge >= 0.3 is 6.18 Å². The largest absolute Gasteiger partial charge is 0.418 e. The average molecular weight is 274 g/mol. The molecule has 0 aromatic heterocycles. The summed E-state index contributed by atoms with van der Waals surface area (Å²) >= 11 is 0. The minimum atomic E-state index is -4.50. The van der Waals surface area contributed by atoms with E-state index in [0.717, 1.165) is 6.07 Å². The molecule has 1 heterocycles. The summed E-state index contributed by atoms with van der Waals surface area (Å²) in [6.07, 6.45) is -4.50.